The number of nitrogens with one attached hydrogen (secondary N) is 1. The molecule has 0 aromatic heterocycles. The molecule has 3 rings (SSSR count). The number of anilines is 1. The fourth-order valence-electron chi connectivity index (χ4n) is 2.34. The number of halogens is 1. The van der Waals surface area contributed by atoms with Gasteiger partial charge in [0.15, 0.2) is 0 Å². The highest BCUT2D eigenvalue weighted by molar-refractivity contribution is 6.33. The molecule has 1 aliphatic rings. The van der Waals surface area contributed by atoms with Crippen molar-refractivity contribution in [1.29, 1.82) is 0 Å². The molecular weight excluding hydrogens is 268 g/mol. The van der Waals surface area contributed by atoms with Gasteiger partial charge in [-0.15, -0.1) is 6.58 Å². The molecule has 0 spiro atoms. The van der Waals surface area contributed by atoms with Crippen LogP contribution in [-0.4, -0.2) is 5.84 Å². The van der Waals surface area contributed by atoms with Crippen LogP contribution >= 0.6 is 11.6 Å². The Hall–Kier alpha value is -2.06. The summed E-state index contributed by atoms with van der Waals surface area (Å²) in [5.74, 6) is 0.934. The molecule has 1 N–H and O–H groups in total. The molecule has 0 bridgehead atoms. The van der Waals surface area contributed by atoms with E-state index in [9.17, 15) is 0 Å². The van der Waals surface area contributed by atoms with Gasteiger partial charge in [0.1, 0.15) is 5.84 Å². The highest BCUT2D eigenvalue weighted by Gasteiger charge is 2.15. The van der Waals surface area contributed by atoms with E-state index in [4.69, 9.17) is 11.6 Å². The van der Waals surface area contributed by atoms with Gasteiger partial charge in [-0.05, 0) is 35.7 Å². The van der Waals surface area contributed by atoms with Crippen molar-refractivity contribution in [3.8, 4) is 0 Å². The van der Waals surface area contributed by atoms with Crippen molar-refractivity contribution in [1.82, 2.24) is 0 Å². The molecule has 2 aromatic carbocycles. The number of fused-ring (bicyclic) bond motifs is 1. The van der Waals surface area contributed by atoms with Gasteiger partial charge < -0.3 is 5.32 Å². The molecule has 0 radical (unpaired) electrons. The lowest BCUT2D eigenvalue weighted by Gasteiger charge is -2.07. The first-order chi connectivity index (χ1) is 9.76. The monoisotopic (exact) mass is 282 g/mol. The molecule has 0 fully saturated rings. The van der Waals surface area contributed by atoms with Gasteiger partial charge in [-0.1, -0.05) is 41.9 Å². The van der Waals surface area contributed by atoms with E-state index in [0.717, 1.165) is 30.1 Å². The van der Waals surface area contributed by atoms with Gasteiger partial charge >= 0.3 is 0 Å². The van der Waals surface area contributed by atoms with Crippen molar-refractivity contribution in [3.63, 3.8) is 0 Å². The average molecular weight is 283 g/mol. The first-order valence-corrected chi connectivity index (χ1v) is 6.96. The zero-order chi connectivity index (χ0) is 13.9. The molecule has 3 heteroatoms. The van der Waals surface area contributed by atoms with E-state index in [-0.39, 0.29) is 0 Å². The highest BCUT2D eigenvalue weighted by Crippen LogP contribution is 2.29. The Morgan fingerprint density at radius 3 is 2.90 bits per heavy atom. The maximum Gasteiger partial charge on any atom is 0.111 e. The topological polar surface area (TPSA) is 24.4 Å². The lowest BCUT2D eigenvalue weighted by atomic mass is 10.1. The third-order valence-corrected chi connectivity index (χ3v) is 3.62. The normalized spacial score (nSPS) is 12.8. The minimum absolute atomic E-state index is 0.707. The number of rotatable bonds is 3. The fraction of sp³-hybridized carbons (Fsp3) is 0.118. The summed E-state index contributed by atoms with van der Waals surface area (Å²) >= 11 is 6.15. The standard InChI is InChI=1S/C17H15ClN2/c1-2-5-12-8-9-15-13(10-12)11-17(19-15)20-16-7-4-3-6-14(16)18/h2-4,6-10H,1,5,11H2,(H,19,20). The second kappa shape index (κ2) is 5.51. The number of para-hydroxylation sites is 1. The first-order valence-electron chi connectivity index (χ1n) is 6.58. The number of allylic oxidation sites excluding steroid dienone is 1. The van der Waals surface area contributed by atoms with Gasteiger partial charge in [-0.25, -0.2) is 4.99 Å². The number of hydrogen-bond donors (Lipinski definition) is 1. The third kappa shape index (κ3) is 2.61. The van der Waals surface area contributed by atoms with Gasteiger partial charge in [0.05, 0.1) is 16.4 Å². The molecule has 0 amide bonds. The van der Waals surface area contributed by atoms with Crippen molar-refractivity contribution in [2.75, 3.05) is 5.32 Å². The van der Waals surface area contributed by atoms with Crippen molar-refractivity contribution < 1.29 is 0 Å². The smallest absolute Gasteiger partial charge is 0.111 e. The van der Waals surface area contributed by atoms with Crippen molar-refractivity contribution in [2.24, 2.45) is 4.99 Å². The summed E-state index contributed by atoms with van der Waals surface area (Å²) in [5, 5.41) is 4.01. The van der Waals surface area contributed by atoms with Crippen molar-refractivity contribution in [2.45, 2.75) is 12.8 Å². The number of hydrogen-bond acceptors (Lipinski definition) is 2. The quantitative estimate of drug-likeness (QED) is 0.806. The maximum atomic E-state index is 6.15. The second-order valence-corrected chi connectivity index (χ2v) is 5.20. The first kappa shape index (κ1) is 12.9. The Labute approximate surface area is 123 Å². The van der Waals surface area contributed by atoms with Crippen LogP contribution in [0.4, 0.5) is 11.4 Å². The van der Waals surface area contributed by atoms with Gasteiger partial charge in [-0.3, -0.25) is 0 Å². The van der Waals surface area contributed by atoms with Crippen LogP contribution in [0.25, 0.3) is 0 Å². The van der Waals surface area contributed by atoms with E-state index < -0.39 is 0 Å². The van der Waals surface area contributed by atoms with Crippen LogP contribution in [0.3, 0.4) is 0 Å². The predicted molar refractivity (Wildman–Crippen MR) is 86.2 cm³/mol. The van der Waals surface area contributed by atoms with Gasteiger partial charge in [0.25, 0.3) is 0 Å². The molecule has 0 aliphatic carbocycles. The summed E-state index contributed by atoms with van der Waals surface area (Å²) in [6.07, 6.45) is 3.62. The number of benzene rings is 2. The van der Waals surface area contributed by atoms with E-state index in [1.807, 2.05) is 30.3 Å². The summed E-state index contributed by atoms with van der Waals surface area (Å²) < 4.78 is 0. The Morgan fingerprint density at radius 2 is 2.10 bits per heavy atom. The van der Waals surface area contributed by atoms with Gasteiger partial charge in [0, 0.05) is 6.42 Å². The Morgan fingerprint density at radius 1 is 1.25 bits per heavy atom. The molecule has 20 heavy (non-hydrogen) atoms. The summed E-state index contributed by atoms with van der Waals surface area (Å²) in [5.41, 5.74) is 4.45. The van der Waals surface area contributed by atoms with E-state index in [0.29, 0.717) is 5.02 Å². The van der Waals surface area contributed by atoms with Crippen molar-refractivity contribution in [3.05, 3.63) is 71.3 Å². The van der Waals surface area contributed by atoms with Gasteiger partial charge in [-0.2, -0.15) is 0 Å². The second-order valence-electron chi connectivity index (χ2n) is 4.80. The molecule has 0 atom stereocenters. The van der Waals surface area contributed by atoms with Crippen LogP contribution in [0, 0.1) is 0 Å². The van der Waals surface area contributed by atoms with Crippen LogP contribution in [0.2, 0.25) is 5.02 Å². The van der Waals surface area contributed by atoms with E-state index in [1.54, 1.807) is 0 Å². The van der Waals surface area contributed by atoms with Crippen LogP contribution < -0.4 is 5.32 Å². The fourth-order valence-corrected chi connectivity index (χ4v) is 2.52. The van der Waals surface area contributed by atoms with Crippen LogP contribution in [-0.2, 0) is 12.8 Å². The largest absolute Gasteiger partial charge is 0.342 e. The number of amidine groups is 1. The zero-order valence-corrected chi connectivity index (χ0v) is 11.8. The lowest BCUT2D eigenvalue weighted by molar-refractivity contribution is 1.24. The van der Waals surface area contributed by atoms with Crippen LogP contribution in [0.1, 0.15) is 11.1 Å². The van der Waals surface area contributed by atoms with Crippen molar-refractivity contribution >= 4 is 28.8 Å². The molecule has 2 nitrogen and oxygen atoms in total. The highest BCUT2D eigenvalue weighted by atomic mass is 35.5. The van der Waals surface area contributed by atoms with Crippen LogP contribution in [0.15, 0.2) is 60.1 Å². The summed E-state index contributed by atoms with van der Waals surface area (Å²) in [6.45, 7) is 3.77. The molecule has 1 aliphatic heterocycles. The summed E-state index contributed by atoms with van der Waals surface area (Å²) in [4.78, 5) is 4.61. The molecule has 100 valence electrons. The zero-order valence-electron chi connectivity index (χ0n) is 11.1. The minimum Gasteiger partial charge on any atom is -0.342 e. The predicted octanol–water partition coefficient (Wildman–Crippen LogP) is 4.77. The average Bonchev–Trinajstić information content (AvgIpc) is 2.83. The van der Waals surface area contributed by atoms with Gasteiger partial charge in [0.2, 0.25) is 0 Å². The lowest BCUT2D eigenvalue weighted by Crippen LogP contribution is -2.11. The third-order valence-electron chi connectivity index (χ3n) is 3.29. The maximum absolute atomic E-state index is 6.15. The van der Waals surface area contributed by atoms with E-state index >= 15 is 0 Å². The molecule has 2 aromatic rings. The molecule has 0 unspecified atom stereocenters. The number of nitrogens with zero attached hydrogens (tertiary/aromatic N) is 1. The van der Waals surface area contributed by atoms with Crippen LogP contribution in [0.5, 0.6) is 0 Å². The molecule has 0 saturated carbocycles. The Kier molecular flexibility index (Phi) is 3.57. The summed E-state index contributed by atoms with van der Waals surface area (Å²) in [7, 11) is 0. The Bertz CT molecular complexity index is 689. The Balaban J connectivity index is 1.79. The molecule has 0 saturated heterocycles. The SMILES string of the molecule is C=CCc1ccc2c(c1)CC(Nc1ccccc1Cl)=N2. The minimum atomic E-state index is 0.707. The van der Waals surface area contributed by atoms with E-state index in [1.165, 1.54) is 11.1 Å². The molecular formula is C17H15ClN2. The number of aliphatic imine (C=N–C) groups is 1. The summed E-state index contributed by atoms with van der Waals surface area (Å²) in [6, 6.07) is 14.1. The van der Waals surface area contributed by atoms with E-state index in [2.05, 4.69) is 35.1 Å². The molecule has 1 heterocycles.